The van der Waals surface area contributed by atoms with Crippen molar-refractivity contribution in [2.24, 2.45) is 5.92 Å². The Kier molecular flexibility index (Phi) is 4.82. The molecule has 0 saturated heterocycles. The largest absolute Gasteiger partial charge is 0.477 e. The van der Waals surface area contributed by atoms with Crippen LogP contribution < -0.4 is 5.32 Å². The number of aromatic nitrogens is 1. The van der Waals surface area contributed by atoms with Gasteiger partial charge >= 0.3 is 5.97 Å². The fourth-order valence-corrected chi connectivity index (χ4v) is 2.88. The Hall–Kier alpha value is -1.78. The molecule has 1 aliphatic carbocycles. The molecule has 1 aliphatic rings. The molecule has 5 heteroatoms. The average molecular weight is 278 g/mol. The summed E-state index contributed by atoms with van der Waals surface area (Å²) in [5.41, 5.74) is 1.14. The van der Waals surface area contributed by atoms with Crippen LogP contribution in [0.25, 0.3) is 0 Å². The Morgan fingerprint density at radius 1 is 1.35 bits per heavy atom. The number of carboxylic acids is 1. The van der Waals surface area contributed by atoms with Gasteiger partial charge in [-0.05, 0) is 25.3 Å². The molecule has 1 aromatic rings. The second kappa shape index (κ2) is 6.59. The highest BCUT2D eigenvalue weighted by Crippen LogP contribution is 2.27. The monoisotopic (exact) mass is 278 g/mol. The van der Waals surface area contributed by atoms with E-state index in [0.29, 0.717) is 18.0 Å². The molecule has 1 fully saturated rings. The van der Waals surface area contributed by atoms with E-state index in [1.807, 2.05) is 0 Å². The first-order valence-corrected chi connectivity index (χ1v) is 7.29. The number of hydrogen-bond acceptors (Lipinski definition) is 2. The summed E-state index contributed by atoms with van der Waals surface area (Å²) in [6, 6.07) is 1.65. The van der Waals surface area contributed by atoms with Crippen LogP contribution in [-0.4, -0.2) is 22.0 Å². The van der Waals surface area contributed by atoms with Gasteiger partial charge in [-0.3, -0.25) is 4.79 Å². The lowest BCUT2D eigenvalue weighted by Gasteiger charge is -2.20. The summed E-state index contributed by atoms with van der Waals surface area (Å²) in [5.74, 6) is -0.501. The summed E-state index contributed by atoms with van der Waals surface area (Å²) in [4.78, 5) is 25.7. The van der Waals surface area contributed by atoms with Crippen LogP contribution in [0.1, 0.15) is 61.1 Å². The van der Waals surface area contributed by atoms with E-state index < -0.39 is 5.97 Å². The van der Waals surface area contributed by atoms with Crippen molar-refractivity contribution in [3.05, 3.63) is 17.5 Å². The number of H-pyrrole nitrogens is 1. The van der Waals surface area contributed by atoms with Gasteiger partial charge in [0, 0.05) is 12.1 Å². The zero-order valence-electron chi connectivity index (χ0n) is 11.9. The molecule has 1 heterocycles. The van der Waals surface area contributed by atoms with Gasteiger partial charge in [0.2, 0.25) is 5.91 Å². The SMILES string of the molecule is Cc1cc(NC(=O)CCC2CCCCC2)c(C(=O)O)[nH]1. The quantitative estimate of drug-likeness (QED) is 0.772. The zero-order valence-corrected chi connectivity index (χ0v) is 11.9. The third-order valence-electron chi connectivity index (χ3n) is 3.94. The second-order valence-corrected chi connectivity index (χ2v) is 5.64. The smallest absolute Gasteiger partial charge is 0.354 e. The molecule has 3 N–H and O–H groups in total. The predicted molar refractivity (Wildman–Crippen MR) is 76.9 cm³/mol. The van der Waals surface area contributed by atoms with Crippen molar-refractivity contribution in [3.8, 4) is 0 Å². The number of carbonyl (C=O) groups is 2. The van der Waals surface area contributed by atoms with Gasteiger partial charge in [0.1, 0.15) is 5.69 Å². The van der Waals surface area contributed by atoms with Crippen LogP contribution >= 0.6 is 0 Å². The lowest BCUT2D eigenvalue weighted by Crippen LogP contribution is -2.16. The van der Waals surface area contributed by atoms with Crippen LogP contribution in [0.5, 0.6) is 0 Å². The minimum absolute atomic E-state index is 0.0496. The van der Waals surface area contributed by atoms with Crippen molar-refractivity contribution in [1.82, 2.24) is 4.98 Å². The number of hydrogen-bond donors (Lipinski definition) is 3. The third kappa shape index (κ3) is 3.85. The first-order chi connectivity index (χ1) is 9.56. The van der Waals surface area contributed by atoms with E-state index in [2.05, 4.69) is 10.3 Å². The second-order valence-electron chi connectivity index (χ2n) is 5.64. The molecular weight excluding hydrogens is 256 g/mol. The highest BCUT2D eigenvalue weighted by Gasteiger charge is 2.17. The molecule has 0 unspecified atom stereocenters. The molecule has 0 spiro atoms. The number of aryl methyl sites for hydroxylation is 1. The normalized spacial score (nSPS) is 16.1. The molecule has 0 atom stereocenters. The van der Waals surface area contributed by atoms with E-state index in [9.17, 15) is 9.59 Å². The van der Waals surface area contributed by atoms with Crippen LogP contribution in [0.15, 0.2) is 6.07 Å². The van der Waals surface area contributed by atoms with Crippen molar-refractivity contribution in [2.75, 3.05) is 5.32 Å². The standard InChI is InChI=1S/C15H22N2O3/c1-10-9-12(14(16-10)15(19)20)17-13(18)8-7-11-5-3-2-4-6-11/h9,11,16H,2-8H2,1H3,(H,17,18)(H,19,20). The highest BCUT2D eigenvalue weighted by atomic mass is 16.4. The van der Waals surface area contributed by atoms with E-state index in [0.717, 1.165) is 12.1 Å². The van der Waals surface area contributed by atoms with Gasteiger partial charge in [0.15, 0.2) is 0 Å². The third-order valence-corrected chi connectivity index (χ3v) is 3.94. The van der Waals surface area contributed by atoms with Gasteiger partial charge < -0.3 is 15.4 Å². The fraction of sp³-hybridized carbons (Fsp3) is 0.600. The minimum atomic E-state index is -1.05. The zero-order chi connectivity index (χ0) is 14.5. The summed E-state index contributed by atoms with van der Waals surface area (Å²) in [7, 11) is 0. The number of rotatable bonds is 5. The van der Waals surface area contributed by atoms with Crippen molar-refractivity contribution in [1.29, 1.82) is 0 Å². The maximum Gasteiger partial charge on any atom is 0.354 e. The fourth-order valence-electron chi connectivity index (χ4n) is 2.88. The first kappa shape index (κ1) is 14.6. The van der Waals surface area contributed by atoms with E-state index in [4.69, 9.17) is 5.11 Å². The molecule has 0 aromatic carbocycles. The van der Waals surface area contributed by atoms with Crippen molar-refractivity contribution in [2.45, 2.75) is 51.9 Å². The summed E-state index contributed by atoms with van der Waals surface area (Å²) in [6.45, 7) is 1.77. The first-order valence-electron chi connectivity index (χ1n) is 7.29. The van der Waals surface area contributed by atoms with Crippen LogP contribution in [0, 0.1) is 12.8 Å². The lowest BCUT2D eigenvalue weighted by atomic mass is 9.86. The number of amides is 1. The molecule has 110 valence electrons. The van der Waals surface area contributed by atoms with Crippen LogP contribution in [0.3, 0.4) is 0 Å². The Balaban J connectivity index is 1.86. The summed E-state index contributed by atoms with van der Waals surface area (Å²) >= 11 is 0. The molecule has 5 nitrogen and oxygen atoms in total. The number of anilines is 1. The van der Waals surface area contributed by atoms with Crippen LogP contribution in [0.4, 0.5) is 5.69 Å². The lowest BCUT2D eigenvalue weighted by molar-refractivity contribution is -0.116. The highest BCUT2D eigenvalue weighted by molar-refractivity contribution is 5.99. The molecule has 1 aromatic heterocycles. The average Bonchev–Trinajstić information content (AvgIpc) is 2.79. The Bertz CT molecular complexity index is 487. The van der Waals surface area contributed by atoms with Crippen molar-refractivity contribution in [3.63, 3.8) is 0 Å². The van der Waals surface area contributed by atoms with Gasteiger partial charge in [-0.1, -0.05) is 32.1 Å². The van der Waals surface area contributed by atoms with E-state index in [-0.39, 0.29) is 11.6 Å². The van der Waals surface area contributed by atoms with Gasteiger partial charge in [-0.2, -0.15) is 0 Å². The Morgan fingerprint density at radius 2 is 2.05 bits per heavy atom. The topological polar surface area (TPSA) is 82.2 Å². The Labute approximate surface area is 118 Å². The number of carboxylic acid groups (broad SMARTS) is 1. The molecule has 2 rings (SSSR count). The number of aromatic amines is 1. The van der Waals surface area contributed by atoms with Crippen molar-refractivity contribution < 1.29 is 14.7 Å². The van der Waals surface area contributed by atoms with Gasteiger partial charge in [0.25, 0.3) is 0 Å². The van der Waals surface area contributed by atoms with E-state index in [1.54, 1.807) is 13.0 Å². The predicted octanol–water partition coefficient (Wildman–Crippen LogP) is 3.32. The van der Waals surface area contributed by atoms with Crippen LogP contribution in [0.2, 0.25) is 0 Å². The Morgan fingerprint density at radius 3 is 2.70 bits per heavy atom. The minimum Gasteiger partial charge on any atom is -0.477 e. The molecule has 1 saturated carbocycles. The molecule has 0 radical (unpaired) electrons. The summed E-state index contributed by atoms with van der Waals surface area (Å²) in [5, 5.41) is 11.7. The molecule has 0 aliphatic heterocycles. The molecule has 20 heavy (non-hydrogen) atoms. The summed E-state index contributed by atoms with van der Waals surface area (Å²) < 4.78 is 0. The maximum absolute atomic E-state index is 11.9. The maximum atomic E-state index is 11.9. The van der Waals surface area contributed by atoms with Gasteiger partial charge in [-0.25, -0.2) is 4.79 Å². The number of aromatic carboxylic acids is 1. The van der Waals surface area contributed by atoms with E-state index >= 15 is 0 Å². The summed E-state index contributed by atoms with van der Waals surface area (Å²) in [6.07, 6.45) is 7.66. The molecule has 0 bridgehead atoms. The van der Waals surface area contributed by atoms with Gasteiger partial charge in [-0.15, -0.1) is 0 Å². The van der Waals surface area contributed by atoms with Gasteiger partial charge in [0.05, 0.1) is 5.69 Å². The van der Waals surface area contributed by atoms with Crippen LogP contribution in [-0.2, 0) is 4.79 Å². The number of nitrogens with one attached hydrogen (secondary N) is 2. The van der Waals surface area contributed by atoms with Crippen molar-refractivity contribution >= 4 is 17.6 Å². The van der Waals surface area contributed by atoms with E-state index in [1.165, 1.54) is 32.1 Å². The number of carbonyl (C=O) groups excluding carboxylic acids is 1. The molecular formula is C15H22N2O3. The molecule has 1 amide bonds.